The molecular formula is C22H19N3O2. The fourth-order valence-corrected chi connectivity index (χ4v) is 4.15. The molecule has 1 aromatic heterocycles. The number of nitrogens with one attached hydrogen (secondary N) is 1. The van der Waals surface area contributed by atoms with E-state index >= 15 is 0 Å². The number of benzene rings is 2. The van der Waals surface area contributed by atoms with E-state index in [-0.39, 0.29) is 17.7 Å². The van der Waals surface area contributed by atoms with Gasteiger partial charge in [-0.3, -0.25) is 14.6 Å². The molecule has 5 nitrogen and oxygen atoms in total. The molecule has 1 saturated heterocycles. The van der Waals surface area contributed by atoms with Crippen LogP contribution in [0.25, 0.3) is 10.9 Å². The molecular weight excluding hydrogens is 338 g/mol. The molecule has 1 atom stereocenters. The number of ketones is 1. The van der Waals surface area contributed by atoms with Crippen LogP contribution in [0, 0.1) is 0 Å². The van der Waals surface area contributed by atoms with Gasteiger partial charge < -0.3 is 9.88 Å². The summed E-state index contributed by atoms with van der Waals surface area (Å²) in [5, 5.41) is 1.14. The van der Waals surface area contributed by atoms with Gasteiger partial charge in [0, 0.05) is 28.6 Å². The second-order valence-electron chi connectivity index (χ2n) is 7.21. The van der Waals surface area contributed by atoms with Crippen molar-refractivity contribution in [2.24, 2.45) is 4.99 Å². The number of carbonyl (C=O) groups excluding carboxylic acids is 2. The maximum absolute atomic E-state index is 12.4. The number of rotatable bonds is 3. The second kappa shape index (κ2) is 5.91. The summed E-state index contributed by atoms with van der Waals surface area (Å²) in [6, 6.07) is 15.9. The van der Waals surface area contributed by atoms with Crippen molar-refractivity contribution in [1.82, 2.24) is 4.98 Å². The Hall–Kier alpha value is -3.21. The molecule has 3 heterocycles. The van der Waals surface area contributed by atoms with Crippen LogP contribution in [-0.2, 0) is 16.1 Å². The third-order valence-electron chi connectivity index (χ3n) is 5.50. The minimum absolute atomic E-state index is 0.0113. The lowest BCUT2D eigenvalue weighted by molar-refractivity contribution is -0.121. The van der Waals surface area contributed by atoms with Crippen molar-refractivity contribution in [1.29, 1.82) is 0 Å². The van der Waals surface area contributed by atoms with Crippen molar-refractivity contribution in [3.05, 3.63) is 65.4 Å². The van der Waals surface area contributed by atoms with Crippen molar-refractivity contribution in [2.45, 2.75) is 32.4 Å². The molecule has 27 heavy (non-hydrogen) atoms. The molecule has 134 valence electrons. The van der Waals surface area contributed by atoms with Crippen LogP contribution in [0.3, 0.4) is 0 Å². The Morgan fingerprint density at radius 2 is 2.04 bits per heavy atom. The zero-order valence-corrected chi connectivity index (χ0v) is 15.0. The minimum atomic E-state index is -0.356. The molecule has 2 aliphatic rings. The molecule has 0 unspecified atom stereocenters. The van der Waals surface area contributed by atoms with Crippen molar-refractivity contribution in [2.75, 3.05) is 4.90 Å². The summed E-state index contributed by atoms with van der Waals surface area (Å²) in [6.45, 7) is 2.19. The van der Waals surface area contributed by atoms with Gasteiger partial charge in [-0.15, -0.1) is 0 Å². The monoisotopic (exact) mass is 357 g/mol. The number of para-hydroxylation sites is 1. The molecule has 1 N–H and O–H groups in total. The fraction of sp³-hybridized carbons (Fsp3) is 0.227. The van der Waals surface area contributed by atoms with Crippen LogP contribution in [0.5, 0.6) is 0 Å². The number of hydrogen-bond donors (Lipinski definition) is 1. The normalized spacial score (nSPS) is 18.9. The zero-order chi connectivity index (χ0) is 18.5. The maximum atomic E-state index is 12.4. The van der Waals surface area contributed by atoms with Crippen LogP contribution in [0.1, 0.15) is 36.6 Å². The molecule has 2 aliphatic heterocycles. The van der Waals surface area contributed by atoms with E-state index in [1.807, 2.05) is 36.4 Å². The topological polar surface area (TPSA) is 65.5 Å². The Kier molecular flexibility index (Phi) is 3.50. The highest BCUT2D eigenvalue weighted by atomic mass is 16.2. The summed E-state index contributed by atoms with van der Waals surface area (Å²) in [4.78, 5) is 34.2. The maximum Gasteiger partial charge on any atom is 0.227 e. The Morgan fingerprint density at radius 1 is 1.19 bits per heavy atom. The first kappa shape index (κ1) is 16.0. The Bertz CT molecular complexity index is 1090. The molecule has 2 aromatic carbocycles. The summed E-state index contributed by atoms with van der Waals surface area (Å²) < 4.78 is 0. The lowest BCUT2D eigenvalue weighted by Gasteiger charge is -2.23. The second-order valence-corrected chi connectivity index (χ2v) is 7.21. The average molecular weight is 357 g/mol. The molecule has 5 rings (SSSR count). The standard InChI is InChI=1S/C22H19N3O2/c1-13(26)20-8-9-21(27)25(20)16-7-6-15-12-23-22(17(15)11-16)19-10-14-4-2-3-5-18(14)24-19/h2-7,10-11,20,24H,8-9,12H2,1H3/t20-/m0/s1. The number of fused-ring (bicyclic) bond motifs is 2. The van der Waals surface area contributed by atoms with E-state index in [0.717, 1.165) is 39.1 Å². The molecule has 0 bridgehead atoms. The molecule has 5 heteroatoms. The molecule has 3 aromatic rings. The summed E-state index contributed by atoms with van der Waals surface area (Å²) in [7, 11) is 0. The number of amides is 1. The van der Waals surface area contributed by atoms with Gasteiger partial charge in [0.25, 0.3) is 0 Å². The van der Waals surface area contributed by atoms with Gasteiger partial charge in [0.05, 0.1) is 24.0 Å². The molecule has 0 aliphatic carbocycles. The highest BCUT2D eigenvalue weighted by Gasteiger charge is 2.35. The lowest BCUT2D eigenvalue weighted by Crippen LogP contribution is -2.37. The molecule has 1 fully saturated rings. The third-order valence-corrected chi connectivity index (χ3v) is 5.50. The summed E-state index contributed by atoms with van der Waals surface area (Å²) >= 11 is 0. The Balaban J connectivity index is 1.57. The summed E-state index contributed by atoms with van der Waals surface area (Å²) in [5.74, 6) is 0.0445. The molecule has 1 amide bonds. The van der Waals surface area contributed by atoms with Crippen LogP contribution < -0.4 is 4.90 Å². The SMILES string of the molecule is CC(=O)[C@@H]1CCC(=O)N1c1ccc2c(c1)C(c1cc3ccccc3[nH]1)=NC2. The fourth-order valence-electron chi connectivity index (χ4n) is 4.15. The first-order chi connectivity index (χ1) is 13.1. The highest BCUT2D eigenvalue weighted by Crippen LogP contribution is 2.32. The van der Waals surface area contributed by atoms with Crippen LogP contribution in [-0.4, -0.2) is 28.4 Å². The van der Waals surface area contributed by atoms with Crippen molar-refractivity contribution < 1.29 is 9.59 Å². The number of hydrogen-bond acceptors (Lipinski definition) is 3. The molecule has 0 spiro atoms. The van der Waals surface area contributed by atoms with Crippen LogP contribution in [0.2, 0.25) is 0 Å². The molecule has 0 radical (unpaired) electrons. The Morgan fingerprint density at radius 3 is 2.85 bits per heavy atom. The van der Waals surface area contributed by atoms with Crippen molar-refractivity contribution in [3.8, 4) is 0 Å². The first-order valence-electron chi connectivity index (χ1n) is 9.20. The van der Waals surface area contributed by atoms with Gasteiger partial charge in [-0.2, -0.15) is 0 Å². The van der Waals surface area contributed by atoms with Crippen LogP contribution >= 0.6 is 0 Å². The van der Waals surface area contributed by atoms with Gasteiger partial charge in [-0.1, -0.05) is 24.3 Å². The zero-order valence-electron chi connectivity index (χ0n) is 15.0. The Labute approximate surface area is 156 Å². The van der Waals surface area contributed by atoms with E-state index in [4.69, 9.17) is 4.99 Å². The van der Waals surface area contributed by atoms with Crippen molar-refractivity contribution in [3.63, 3.8) is 0 Å². The molecule has 0 saturated carbocycles. The predicted molar refractivity (Wildman–Crippen MR) is 105 cm³/mol. The van der Waals surface area contributed by atoms with E-state index in [1.54, 1.807) is 11.8 Å². The number of Topliss-reactive ketones (excluding diaryl/α,β-unsaturated/α-hetero) is 1. The van der Waals surface area contributed by atoms with Gasteiger partial charge in [-0.25, -0.2) is 0 Å². The number of aromatic amines is 1. The average Bonchev–Trinajstić information content (AvgIpc) is 3.36. The summed E-state index contributed by atoms with van der Waals surface area (Å²) in [6.07, 6.45) is 1.01. The largest absolute Gasteiger partial charge is 0.353 e. The van der Waals surface area contributed by atoms with E-state index in [1.165, 1.54) is 0 Å². The number of anilines is 1. The predicted octanol–water partition coefficient (Wildman–Crippen LogP) is 3.60. The van der Waals surface area contributed by atoms with E-state index < -0.39 is 0 Å². The van der Waals surface area contributed by atoms with E-state index in [9.17, 15) is 9.59 Å². The lowest BCUT2D eigenvalue weighted by atomic mass is 10.0. The van der Waals surface area contributed by atoms with Crippen molar-refractivity contribution >= 4 is 34.0 Å². The van der Waals surface area contributed by atoms with Gasteiger partial charge in [0.15, 0.2) is 5.78 Å². The number of nitrogens with zero attached hydrogens (tertiary/aromatic N) is 2. The van der Waals surface area contributed by atoms with Crippen LogP contribution in [0.4, 0.5) is 5.69 Å². The minimum Gasteiger partial charge on any atom is -0.353 e. The number of aliphatic imine (C=N–C) groups is 1. The summed E-state index contributed by atoms with van der Waals surface area (Å²) in [5.41, 5.74) is 5.91. The highest BCUT2D eigenvalue weighted by molar-refractivity contribution is 6.16. The third kappa shape index (κ3) is 2.50. The number of H-pyrrole nitrogens is 1. The van der Waals surface area contributed by atoms with Gasteiger partial charge in [0.2, 0.25) is 5.91 Å². The van der Waals surface area contributed by atoms with Gasteiger partial charge in [-0.05, 0) is 43.2 Å². The van der Waals surface area contributed by atoms with Gasteiger partial charge >= 0.3 is 0 Å². The number of aromatic nitrogens is 1. The van der Waals surface area contributed by atoms with Gasteiger partial charge in [0.1, 0.15) is 0 Å². The quantitative estimate of drug-likeness (QED) is 0.778. The smallest absolute Gasteiger partial charge is 0.227 e. The first-order valence-corrected chi connectivity index (χ1v) is 9.20. The van der Waals surface area contributed by atoms with E-state index in [0.29, 0.717) is 19.4 Å². The van der Waals surface area contributed by atoms with E-state index in [2.05, 4.69) is 17.1 Å². The van der Waals surface area contributed by atoms with Crippen LogP contribution in [0.15, 0.2) is 53.5 Å². The number of carbonyl (C=O) groups is 2.